The maximum atomic E-state index is 11.5. The molecule has 0 aromatic carbocycles. The van der Waals surface area contributed by atoms with Gasteiger partial charge in [-0.15, -0.1) is 0 Å². The Labute approximate surface area is 86.5 Å². The van der Waals surface area contributed by atoms with Gasteiger partial charge in [-0.3, -0.25) is 4.79 Å². The van der Waals surface area contributed by atoms with Crippen LogP contribution in [0, 0.1) is 9.54 Å². The van der Waals surface area contributed by atoms with Crippen molar-refractivity contribution in [2.75, 3.05) is 12.5 Å². The van der Waals surface area contributed by atoms with E-state index in [1.807, 2.05) is 12.5 Å². The monoisotopic (exact) mass is 230 g/mol. The van der Waals surface area contributed by atoms with E-state index in [9.17, 15) is 4.79 Å². The summed E-state index contributed by atoms with van der Waals surface area (Å²) in [5, 5.41) is 0. The number of nitrogens with one attached hydrogen (secondary N) is 4. The predicted octanol–water partition coefficient (Wildman–Crippen LogP) is 1.30. The Hall–Kier alpha value is -1.08. The molecule has 0 aliphatic rings. The van der Waals surface area contributed by atoms with E-state index in [1.165, 1.54) is 0 Å². The molecular weight excluding hydrogens is 220 g/mol. The summed E-state index contributed by atoms with van der Waals surface area (Å²) in [6.45, 7) is 0. The highest BCUT2D eigenvalue weighted by Gasteiger charge is 2.00. The zero-order valence-corrected chi connectivity index (χ0v) is 9.36. The molecule has 4 N–H and O–H groups in total. The molecule has 2 rings (SSSR count). The summed E-state index contributed by atoms with van der Waals surface area (Å²) in [6, 6.07) is 0. The number of fused-ring (bicyclic) bond motifs is 1. The third-order valence-corrected chi connectivity index (χ3v) is 3.05. The smallest absolute Gasteiger partial charge is 0.277 e. The van der Waals surface area contributed by atoms with Crippen LogP contribution in [0.2, 0.25) is 0 Å². The highest BCUT2D eigenvalue weighted by Crippen LogP contribution is 2.05. The molecule has 14 heavy (non-hydrogen) atoms. The molecule has 0 radical (unpaired) electrons. The largest absolute Gasteiger partial charge is 0.325 e. The number of hydrogen-bond donors (Lipinski definition) is 4. The van der Waals surface area contributed by atoms with Gasteiger partial charge in [-0.1, -0.05) is 0 Å². The van der Waals surface area contributed by atoms with Crippen LogP contribution in [0.3, 0.4) is 0 Å². The highest BCUT2D eigenvalue weighted by molar-refractivity contribution is 8.08. The molecule has 0 aliphatic heterocycles. The molecule has 76 valence electrons. The molecule has 0 bridgehead atoms. The fourth-order valence-electron chi connectivity index (χ4n) is 1.16. The summed E-state index contributed by atoms with van der Waals surface area (Å²) in [4.78, 5) is 23.1. The number of aromatic amines is 4. The summed E-state index contributed by atoms with van der Waals surface area (Å²) in [5.41, 5.74) is 0.960. The van der Waals surface area contributed by atoms with E-state index in [0.29, 0.717) is 15.9 Å². The Morgan fingerprint density at radius 1 is 1.14 bits per heavy atom. The first-order valence-electron chi connectivity index (χ1n) is 3.93. The number of H-pyrrole nitrogens is 4. The quantitative estimate of drug-likeness (QED) is 0.515. The van der Waals surface area contributed by atoms with Gasteiger partial charge in [0, 0.05) is 0 Å². The second kappa shape index (κ2) is 3.25. The minimum absolute atomic E-state index is 0.0150. The van der Waals surface area contributed by atoms with Gasteiger partial charge in [0.15, 0.2) is 4.77 Å². The lowest BCUT2D eigenvalue weighted by Crippen LogP contribution is -2.08. The van der Waals surface area contributed by atoms with E-state index in [0.717, 1.165) is 4.77 Å². The average molecular weight is 230 g/mol. The van der Waals surface area contributed by atoms with Crippen LogP contribution >= 0.6 is 22.7 Å². The van der Waals surface area contributed by atoms with Gasteiger partial charge in [0.25, 0.3) is 5.56 Å². The standard InChI is InChI=1S/C7H10N4OS2/c1-14(2)7-10-4-3(5(12)11-7)8-6(13)9-4/h10H,1-2H3,(H,11,12)(H2,8,9,13). The second-order valence-electron chi connectivity index (χ2n) is 3.05. The Kier molecular flexibility index (Phi) is 2.20. The van der Waals surface area contributed by atoms with Crippen LogP contribution in [0.5, 0.6) is 0 Å². The van der Waals surface area contributed by atoms with Crippen LogP contribution in [-0.4, -0.2) is 32.4 Å². The lowest BCUT2D eigenvalue weighted by atomic mass is 10.6. The summed E-state index contributed by atoms with van der Waals surface area (Å²) in [5.74, 6) is 0. The van der Waals surface area contributed by atoms with E-state index >= 15 is 0 Å². The molecule has 2 aromatic rings. The normalized spacial score (nSPS) is 11.4. The first kappa shape index (κ1) is 9.47. The van der Waals surface area contributed by atoms with E-state index < -0.39 is 0 Å². The molecule has 5 nitrogen and oxygen atoms in total. The maximum Gasteiger partial charge on any atom is 0.277 e. The van der Waals surface area contributed by atoms with Crippen molar-refractivity contribution in [1.29, 1.82) is 0 Å². The predicted molar refractivity (Wildman–Crippen MR) is 61.1 cm³/mol. The van der Waals surface area contributed by atoms with Crippen molar-refractivity contribution in [3.63, 3.8) is 0 Å². The van der Waals surface area contributed by atoms with Gasteiger partial charge >= 0.3 is 0 Å². The van der Waals surface area contributed by atoms with Crippen molar-refractivity contribution < 1.29 is 0 Å². The SMILES string of the molecule is CS(C)=c1[nH]c(=O)c2[nH]c(=S)[nH]c2[nH]1. The molecule has 0 aliphatic carbocycles. The highest BCUT2D eigenvalue weighted by atomic mass is 32.2. The van der Waals surface area contributed by atoms with Crippen LogP contribution in [0.4, 0.5) is 0 Å². The van der Waals surface area contributed by atoms with E-state index in [2.05, 4.69) is 19.9 Å². The molecule has 0 amide bonds. The van der Waals surface area contributed by atoms with Crippen molar-refractivity contribution in [2.24, 2.45) is 0 Å². The van der Waals surface area contributed by atoms with Crippen LogP contribution in [0.25, 0.3) is 11.2 Å². The van der Waals surface area contributed by atoms with Crippen molar-refractivity contribution in [3.8, 4) is 0 Å². The van der Waals surface area contributed by atoms with Crippen LogP contribution in [-0.2, 0) is 0 Å². The Morgan fingerprint density at radius 2 is 1.86 bits per heavy atom. The third-order valence-electron chi connectivity index (χ3n) is 1.83. The number of aromatic nitrogens is 4. The molecule has 0 fully saturated rings. The molecule has 2 heterocycles. The van der Waals surface area contributed by atoms with Crippen LogP contribution in [0.1, 0.15) is 0 Å². The molecule has 0 spiro atoms. The van der Waals surface area contributed by atoms with Crippen molar-refractivity contribution in [3.05, 3.63) is 19.9 Å². The van der Waals surface area contributed by atoms with Crippen LogP contribution < -0.4 is 5.56 Å². The van der Waals surface area contributed by atoms with E-state index in [-0.39, 0.29) is 16.0 Å². The van der Waals surface area contributed by atoms with Crippen molar-refractivity contribution in [1.82, 2.24) is 19.9 Å². The maximum absolute atomic E-state index is 11.5. The van der Waals surface area contributed by atoms with Crippen molar-refractivity contribution >= 4 is 33.9 Å². The van der Waals surface area contributed by atoms with Gasteiger partial charge < -0.3 is 19.9 Å². The van der Waals surface area contributed by atoms with Gasteiger partial charge in [-0.2, -0.15) is 10.5 Å². The lowest BCUT2D eigenvalue weighted by molar-refractivity contribution is 1.12. The lowest BCUT2D eigenvalue weighted by Gasteiger charge is -1.94. The molecular formula is C7H10N4OS2. The summed E-state index contributed by atoms with van der Waals surface area (Å²) in [6.07, 6.45) is 4.05. The number of imidazole rings is 1. The van der Waals surface area contributed by atoms with Crippen LogP contribution in [0.15, 0.2) is 4.79 Å². The Bertz CT molecular complexity index is 652. The van der Waals surface area contributed by atoms with Crippen molar-refractivity contribution in [2.45, 2.75) is 0 Å². The summed E-state index contributed by atoms with van der Waals surface area (Å²) < 4.78 is 1.26. The molecule has 0 saturated heterocycles. The first-order chi connectivity index (χ1) is 6.58. The zero-order chi connectivity index (χ0) is 10.3. The Balaban J connectivity index is 3.07. The summed E-state index contributed by atoms with van der Waals surface area (Å²) in [7, 11) is -0.0150. The van der Waals surface area contributed by atoms with Gasteiger partial charge in [0.1, 0.15) is 15.9 Å². The molecule has 7 heteroatoms. The Morgan fingerprint density at radius 3 is 2.50 bits per heavy atom. The minimum Gasteiger partial charge on any atom is -0.325 e. The fraction of sp³-hybridized carbons (Fsp3) is 0.286. The van der Waals surface area contributed by atoms with Gasteiger partial charge in [-0.05, 0) is 24.7 Å². The third kappa shape index (κ3) is 1.48. The molecule has 2 aromatic heterocycles. The van der Waals surface area contributed by atoms with Gasteiger partial charge in [0.2, 0.25) is 0 Å². The fourth-order valence-corrected chi connectivity index (χ4v) is 1.97. The second-order valence-corrected chi connectivity index (χ2v) is 5.50. The number of rotatable bonds is 0. The summed E-state index contributed by atoms with van der Waals surface area (Å²) >= 11 is 4.90. The van der Waals surface area contributed by atoms with Gasteiger partial charge in [0.05, 0.1) is 0 Å². The minimum atomic E-state index is -0.151. The van der Waals surface area contributed by atoms with Gasteiger partial charge in [-0.25, -0.2) is 0 Å². The molecule has 0 atom stereocenters. The zero-order valence-electron chi connectivity index (χ0n) is 7.72. The topological polar surface area (TPSA) is 80.2 Å². The average Bonchev–Trinajstić information content (AvgIpc) is 2.45. The molecule has 0 unspecified atom stereocenters. The van der Waals surface area contributed by atoms with E-state index in [1.54, 1.807) is 0 Å². The molecule has 0 saturated carbocycles. The van der Waals surface area contributed by atoms with E-state index in [4.69, 9.17) is 12.2 Å². The number of hydrogen-bond acceptors (Lipinski definition) is 2. The first-order valence-corrected chi connectivity index (χ1v) is 6.38.